The number of rotatable bonds is 5. The van der Waals surface area contributed by atoms with Gasteiger partial charge in [0.2, 0.25) is 5.88 Å². The molecule has 0 spiro atoms. The Labute approximate surface area is 104 Å². The van der Waals surface area contributed by atoms with Gasteiger partial charge in [-0.15, -0.1) is 0 Å². The van der Waals surface area contributed by atoms with Gasteiger partial charge in [-0.05, 0) is 40.4 Å². The van der Waals surface area contributed by atoms with Crippen LogP contribution < -0.4 is 10.5 Å². The lowest BCUT2D eigenvalue weighted by Crippen LogP contribution is -2.43. The summed E-state index contributed by atoms with van der Waals surface area (Å²) < 4.78 is 5.67. The van der Waals surface area contributed by atoms with E-state index in [1.165, 1.54) is 0 Å². The molecule has 4 heteroatoms. The third kappa shape index (κ3) is 3.98. The summed E-state index contributed by atoms with van der Waals surface area (Å²) in [4.78, 5) is 6.37. The molecule has 0 aromatic carbocycles. The Morgan fingerprint density at radius 1 is 1.41 bits per heavy atom. The first-order valence-corrected chi connectivity index (χ1v) is 5.84. The molecule has 96 valence electrons. The molecule has 17 heavy (non-hydrogen) atoms. The summed E-state index contributed by atoms with van der Waals surface area (Å²) in [6.07, 6.45) is 1.77. The molecule has 4 nitrogen and oxygen atoms in total. The van der Waals surface area contributed by atoms with E-state index in [-0.39, 0.29) is 11.6 Å². The summed E-state index contributed by atoms with van der Waals surface area (Å²) in [6.45, 7) is 6.80. The van der Waals surface area contributed by atoms with E-state index >= 15 is 0 Å². The predicted octanol–water partition coefficient (Wildman–Crippen LogP) is 1.82. The molecule has 0 aliphatic heterocycles. The molecule has 0 unspecified atom stereocenters. The molecule has 1 rings (SSSR count). The van der Waals surface area contributed by atoms with Crippen molar-refractivity contribution in [3.05, 3.63) is 23.9 Å². The van der Waals surface area contributed by atoms with E-state index in [9.17, 15) is 0 Å². The molecule has 0 fully saturated rings. The minimum atomic E-state index is -0.0124. The molecule has 1 heterocycles. The maximum Gasteiger partial charge on any atom is 0.213 e. The summed E-state index contributed by atoms with van der Waals surface area (Å²) in [6, 6.07) is 3.83. The maximum absolute atomic E-state index is 5.76. The van der Waals surface area contributed by atoms with E-state index in [2.05, 4.69) is 23.7 Å². The Morgan fingerprint density at radius 2 is 2.06 bits per heavy atom. The monoisotopic (exact) mass is 237 g/mol. The third-order valence-corrected chi connectivity index (χ3v) is 3.07. The highest BCUT2D eigenvalue weighted by atomic mass is 16.5. The van der Waals surface area contributed by atoms with Gasteiger partial charge in [0.05, 0.1) is 0 Å². The smallest absolute Gasteiger partial charge is 0.213 e. The van der Waals surface area contributed by atoms with Crippen molar-refractivity contribution in [3.8, 4) is 5.88 Å². The SMILES string of the molecule is C[C@H](N)c1ccc(OCC(C)(C)N(C)C)nc1. The first-order chi connectivity index (χ1) is 7.83. The van der Waals surface area contributed by atoms with E-state index in [1.54, 1.807) is 6.20 Å². The molecular weight excluding hydrogens is 214 g/mol. The largest absolute Gasteiger partial charge is 0.476 e. The minimum absolute atomic E-state index is 0.00904. The van der Waals surface area contributed by atoms with Gasteiger partial charge in [-0.2, -0.15) is 0 Å². The lowest BCUT2D eigenvalue weighted by Gasteiger charge is -2.31. The molecule has 1 aromatic rings. The van der Waals surface area contributed by atoms with Crippen LogP contribution in [0.4, 0.5) is 0 Å². The number of aromatic nitrogens is 1. The number of ether oxygens (including phenoxy) is 1. The highest BCUT2D eigenvalue weighted by molar-refractivity contribution is 5.20. The minimum Gasteiger partial charge on any atom is -0.476 e. The van der Waals surface area contributed by atoms with Crippen molar-refractivity contribution >= 4 is 0 Å². The molecule has 0 saturated carbocycles. The van der Waals surface area contributed by atoms with Gasteiger partial charge in [-0.1, -0.05) is 6.07 Å². The molecule has 0 radical (unpaired) electrons. The Morgan fingerprint density at radius 3 is 2.47 bits per heavy atom. The van der Waals surface area contributed by atoms with Crippen LogP contribution in [-0.2, 0) is 0 Å². The standard InChI is InChI=1S/C13H23N3O/c1-10(14)11-6-7-12(15-8-11)17-9-13(2,3)16(4)5/h6-8,10H,9,14H2,1-5H3/t10-/m0/s1. The summed E-state index contributed by atoms with van der Waals surface area (Å²) in [7, 11) is 4.08. The van der Waals surface area contributed by atoms with Gasteiger partial charge in [-0.3, -0.25) is 0 Å². The molecular formula is C13H23N3O. The van der Waals surface area contributed by atoms with E-state index in [0.717, 1.165) is 5.56 Å². The average molecular weight is 237 g/mol. The second-order valence-corrected chi connectivity index (χ2v) is 5.21. The molecule has 0 bridgehead atoms. The third-order valence-electron chi connectivity index (χ3n) is 3.07. The van der Waals surface area contributed by atoms with E-state index in [0.29, 0.717) is 12.5 Å². The van der Waals surface area contributed by atoms with Crippen LogP contribution in [-0.4, -0.2) is 36.1 Å². The van der Waals surface area contributed by atoms with Crippen LogP contribution in [0.1, 0.15) is 32.4 Å². The van der Waals surface area contributed by atoms with Crippen molar-refractivity contribution in [1.29, 1.82) is 0 Å². The van der Waals surface area contributed by atoms with Crippen LogP contribution in [0.5, 0.6) is 5.88 Å². The number of hydrogen-bond acceptors (Lipinski definition) is 4. The summed E-state index contributed by atoms with van der Waals surface area (Å²) in [5.74, 6) is 0.643. The molecule has 1 atom stereocenters. The van der Waals surface area contributed by atoms with Gasteiger partial charge in [-0.25, -0.2) is 4.98 Å². The van der Waals surface area contributed by atoms with Crippen molar-refractivity contribution in [1.82, 2.24) is 9.88 Å². The quantitative estimate of drug-likeness (QED) is 0.848. The topological polar surface area (TPSA) is 51.4 Å². The summed E-state index contributed by atoms with van der Waals surface area (Å²) in [5.41, 5.74) is 6.76. The van der Waals surface area contributed by atoms with Gasteiger partial charge in [0.15, 0.2) is 0 Å². The van der Waals surface area contributed by atoms with Gasteiger partial charge >= 0.3 is 0 Å². The molecule has 0 amide bonds. The zero-order valence-electron chi connectivity index (χ0n) is 11.4. The van der Waals surface area contributed by atoms with Crippen molar-refractivity contribution < 1.29 is 4.74 Å². The molecule has 1 aromatic heterocycles. The number of likely N-dealkylation sites (N-methyl/N-ethyl adjacent to an activating group) is 1. The fourth-order valence-electron chi connectivity index (χ4n) is 1.13. The van der Waals surface area contributed by atoms with Crippen molar-refractivity contribution in [2.24, 2.45) is 5.73 Å². The van der Waals surface area contributed by atoms with Gasteiger partial charge in [0.1, 0.15) is 6.61 Å². The summed E-state index contributed by atoms with van der Waals surface area (Å²) in [5, 5.41) is 0. The molecule has 0 aliphatic carbocycles. The van der Waals surface area contributed by atoms with E-state index < -0.39 is 0 Å². The fourth-order valence-corrected chi connectivity index (χ4v) is 1.13. The van der Waals surface area contributed by atoms with Crippen LogP contribution >= 0.6 is 0 Å². The highest BCUT2D eigenvalue weighted by Gasteiger charge is 2.21. The zero-order chi connectivity index (χ0) is 13.1. The van der Waals surface area contributed by atoms with Crippen LogP contribution in [0.25, 0.3) is 0 Å². The van der Waals surface area contributed by atoms with Gasteiger partial charge in [0, 0.05) is 23.8 Å². The Bertz CT molecular complexity index is 344. The van der Waals surface area contributed by atoms with Crippen molar-refractivity contribution in [2.45, 2.75) is 32.4 Å². The zero-order valence-corrected chi connectivity index (χ0v) is 11.4. The Balaban J connectivity index is 2.59. The van der Waals surface area contributed by atoms with Gasteiger partial charge < -0.3 is 15.4 Å². The highest BCUT2D eigenvalue weighted by Crippen LogP contribution is 2.15. The number of nitrogens with two attached hydrogens (primary N) is 1. The van der Waals surface area contributed by atoms with Gasteiger partial charge in [0.25, 0.3) is 0 Å². The van der Waals surface area contributed by atoms with Crippen molar-refractivity contribution in [2.75, 3.05) is 20.7 Å². The lowest BCUT2D eigenvalue weighted by molar-refractivity contribution is 0.111. The number of nitrogens with zero attached hydrogens (tertiary/aromatic N) is 2. The second kappa shape index (κ2) is 5.47. The van der Waals surface area contributed by atoms with Crippen molar-refractivity contribution in [3.63, 3.8) is 0 Å². The first-order valence-electron chi connectivity index (χ1n) is 5.84. The normalized spacial score (nSPS) is 13.8. The maximum atomic E-state index is 5.76. The Hall–Kier alpha value is -1.13. The van der Waals surface area contributed by atoms with Crippen LogP contribution in [0.2, 0.25) is 0 Å². The number of hydrogen-bond donors (Lipinski definition) is 1. The predicted molar refractivity (Wildman–Crippen MR) is 70.1 cm³/mol. The summed E-state index contributed by atoms with van der Waals surface area (Å²) >= 11 is 0. The van der Waals surface area contributed by atoms with Crippen LogP contribution in [0.15, 0.2) is 18.3 Å². The number of pyridine rings is 1. The molecule has 0 aliphatic rings. The lowest BCUT2D eigenvalue weighted by atomic mass is 10.1. The molecule has 2 N–H and O–H groups in total. The van der Waals surface area contributed by atoms with E-state index in [4.69, 9.17) is 10.5 Å². The Kier molecular flexibility index (Phi) is 4.48. The fraction of sp³-hybridized carbons (Fsp3) is 0.615. The first kappa shape index (κ1) is 13.9. The molecule has 0 saturated heterocycles. The van der Waals surface area contributed by atoms with Crippen LogP contribution in [0.3, 0.4) is 0 Å². The average Bonchev–Trinajstić information content (AvgIpc) is 2.27. The second-order valence-electron chi connectivity index (χ2n) is 5.21. The van der Waals surface area contributed by atoms with E-state index in [1.807, 2.05) is 33.2 Å². The van der Waals surface area contributed by atoms with Crippen LogP contribution in [0, 0.1) is 0 Å².